The van der Waals surface area contributed by atoms with E-state index in [0.717, 1.165) is 24.6 Å². The number of pyridine rings is 1. The summed E-state index contributed by atoms with van der Waals surface area (Å²) in [5.41, 5.74) is 0.894. The monoisotopic (exact) mass is 267 g/mol. The van der Waals surface area contributed by atoms with Gasteiger partial charge in [-0.3, -0.25) is 0 Å². The van der Waals surface area contributed by atoms with E-state index in [2.05, 4.69) is 42.6 Å². The molecule has 0 spiro atoms. The summed E-state index contributed by atoms with van der Waals surface area (Å²) in [6.45, 7) is 12.5. The summed E-state index contributed by atoms with van der Waals surface area (Å²) in [7, 11) is 0. The molecule has 18 heavy (non-hydrogen) atoms. The van der Waals surface area contributed by atoms with Gasteiger partial charge in [0.15, 0.2) is 0 Å². The van der Waals surface area contributed by atoms with Crippen molar-refractivity contribution >= 4 is 17.4 Å². The maximum Gasteiger partial charge on any atom is 0.129 e. The van der Waals surface area contributed by atoms with E-state index in [4.69, 9.17) is 11.6 Å². The molecule has 1 heterocycles. The molecule has 0 saturated carbocycles. The van der Waals surface area contributed by atoms with E-state index in [0.29, 0.717) is 17.6 Å². The molecule has 1 aromatic rings. The van der Waals surface area contributed by atoms with Crippen molar-refractivity contribution in [3.8, 4) is 0 Å². The van der Waals surface area contributed by atoms with Gasteiger partial charge in [0.25, 0.3) is 0 Å². The van der Waals surface area contributed by atoms with Gasteiger partial charge in [0.2, 0.25) is 0 Å². The van der Waals surface area contributed by atoms with E-state index in [-0.39, 0.29) is 0 Å². The smallest absolute Gasteiger partial charge is 0.129 e. The molecule has 100 valence electrons. The number of likely N-dealkylation sites (N-methyl/N-ethyl adjacent to an activating group) is 1. The second kappa shape index (κ2) is 7.39. The highest BCUT2D eigenvalue weighted by atomic mass is 35.5. The summed E-state index contributed by atoms with van der Waals surface area (Å²) in [4.78, 5) is 6.77. The molecule has 0 atom stereocenters. The Labute approximate surface area is 115 Å². The molecule has 0 fully saturated rings. The van der Waals surface area contributed by atoms with Crippen LogP contribution in [0.15, 0.2) is 24.8 Å². The first-order chi connectivity index (χ1) is 8.58. The van der Waals surface area contributed by atoms with Crippen molar-refractivity contribution in [1.29, 1.82) is 0 Å². The third-order valence-electron chi connectivity index (χ3n) is 2.64. The molecule has 0 aromatic carbocycles. The van der Waals surface area contributed by atoms with E-state index in [9.17, 15) is 0 Å². The average Bonchev–Trinajstić information content (AvgIpc) is 2.35. The fourth-order valence-corrected chi connectivity index (χ4v) is 1.79. The Morgan fingerprint density at radius 1 is 1.50 bits per heavy atom. The lowest BCUT2D eigenvalue weighted by molar-refractivity contribution is 0.581. The van der Waals surface area contributed by atoms with E-state index in [1.54, 1.807) is 0 Å². The Hall–Kier alpha value is -1.06. The number of rotatable bonds is 7. The number of nitrogens with one attached hydrogen (secondary N) is 1. The molecule has 0 saturated heterocycles. The fourth-order valence-electron chi connectivity index (χ4n) is 1.61. The maximum atomic E-state index is 6.16. The summed E-state index contributed by atoms with van der Waals surface area (Å²) in [6.07, 6.45) is 1.88. The average molecular weight is 268 g/mol. The van der Waals surface area contributed by atoms with Crippen molar-refractivity contribution in [1.82, 2.24) is 10.3 Å². The summed E-state index contributed by atoms with van der Waals surface area (Å²) < 4.78 is 0. The highest BCUT2D eigenvalue weighted by Gasteiger charge is 2.08. The van der Waals surface area contributed by atoms with Crippen LogP contribution < -0.4 is 10.2 Å². The number of hydrogen-bond donors (Lipinski definition) is 1. The number of nitrogens with zero attached hydrogens (tertiary/aromatic N) is 2. The Morgan fingerprint density at radius 3 is 2.78 bits per heavy atom. The van der Waals surface area contributed by atoms with Crippen LogP contribution in [0.1, 0.15) is 26.5 Å². The first-order valence-electron chi connectivity index (χ1n) is 6.33. The van der Waals surface area contributed by atoms with Crippen LogP contribution in [0.5, 0.6) is 0 Å². The van der Waals surface area contributed by atoms with Crippen molar-refractivity contribution in [2.75, 3.05) is 18.0 Å². The van der Waals surface area contributed by atoms with Crippen molar-refractivity contribution in [3.63, 3.8) is 0 Å². The number of anilines is 1. The zero-order valence-corrected chi connectivity index (χ0v) is 12.2. The first kappa shape index (κ1) is 15.0. The SMILES string of the molecule is C=CCN(CC)c1ccc(Cl)c(CNC(C)C)n1. The van der Waals surface area contributed by atoms with Crippen LogP contribution in [0.3, 0.4) is 0 Å². The molecule has 0 aliphatic rings. The lowest BCUT2D eigenvalue weighted by Gasteiger charge is -2.21. The van der Waals surface area contributed by atoms with Crippen LogP contribution in [-0.2, 0) is 6.54 Å². The molecule has 1 rings (SSSR count). The molecule has 1 N–H and O–H groups in total. The van der Waals surface area contributed by atoms with Crippen LogP contribution in [0.4, 0.5) is 5.82 Å². The van der Waals surface area contributed by atoms with Crippen LogP contribution in [0.25, 0.3) is 0 Å². The third-order valence-corrected chi connectivity index (χ3v) is 2.98. The second-order valence-corrected chi connectivity index (χ2v) is 4.87. The zero-order valence-electron chi connectivity index (χ0n) is 11.4. The topological polar surface area (TPSA) is 28.2 Å². The predicted octanol–water partition coefficient (Wildman–Crippen LogP) is 3.25. The third kappa shape index (κ3) is 4.31. The lowest BCUT2D eigenvalue weighted by Crippen LogP contribution is -2.26. The van der Waals surface area contributed by atoms with Crippen molar-refractivity contribution in [2.24, 2.45) is 0 Å². The lowest BCUT2D eigenvalue weighted by atomic mass is 10.3. The van der Waals surface area contributed by atoms with Gasteiger partial charge in [-0.25, -0.2) is 4.98 Å². The van der Waals surface area contributed by atoms with Crippen molar-refractivity contribution in [2.45, 2.75) is 33.4 Å². The van der Waals surface area contributed by atoms with Gasteiger partial charge in [-0.1, -0.05) is 31.5 Å². The number of hydrogen-bond acceptors (Lipinski definition) is 3. The zero-order chi connectivity index (χ0) is 13.5. The van der Waals surface area contributed by atoms with E-state index in [1.807, 2.05) is 18.2 Å². The van der Waals surface area contributed by atoms with Gasteiger partial charge in [-0.15, -0.1) is 6.58 Å². The van der Waals surface area contributed by atoms with Crippen molar-refractivity contribution < 1.29 is 0 Å². The Balaban J connectivity index is 2.87. The van der Waals surface area contributed by atoms with E-state index < -0.39 is 0 Å². The van der Waals surface area contributed by atoms with Crippen LogP contribution in [0.2, 0.25) is 5.02 Å². The minimum Gasteiger partial charge on any atom is -0.353 e. The Morgan fingerprint density at radius 2 is 2.22 bits per heavy atom. The number of aromatic nitrogens is 1. The largest absolute Gasteiger partial charge is 0.353 e. The highest BCUT2D eigenvalue weighted by molar-refractivity contribution is 6.31. The molecule has 0 aliphatic heterocycles. The quantitative estimate of drug-likeness (QED) is 0.769. The molecular weight excluding hydrogens is 246 g/mol. The normalized spacial score (nSPS) is 10.7. The van der Waals surface area contributed by atoms with Gasteiger partial charge in [-0.2, -0.15) is 0 Å². The van der Waals surface area contributed by atoms with Gasteiger partial charge in [-0.05, 0) is 19.1 Å². The summed E-state index contributed by atoms with van der Waals surface area (Å²) in [5.74, 6) is 0.947. The van der Waals surface area contributed by atoms with Crippen LogP contribution >= 0.6 is 11.6 Å². The summed E-state index contributed by atoms with van der Waals surface area (Å²) in [5, 5.41) is 4.04. The molecule has 0 radical (unpaired) electrons. The maximum absolute atomic E-state index is 6.16. The molecule has 0 unspecified atom stereocenters. The predicted molar refractivity (Wildman–Crippen MR) is 79.3 cm³/mol. The number of halogens is 1. The Kier molecular flexibility index (Phi) is 6.16. The van der Waals surface area contributed by atoms with Crippen LogP contribution in [0, 0.1) is 0 Å². The molecule has 4 heteroatoms. The van der Waals surface area contributed by atoms with Crippen LogP contribution in [-0.4, -0.2) is 24.1 Å². The minimum atomic E-state index is 0.418. The summed E-state index contributed by atoms with van der Waals surface area (Å²) >= 11 is 6.16. The minimum absolute atomic E-state index is 0.418. The molecule has 3 nitrogen and oxygen atoms in total. The standard InChI is InChI=1S/C14H22ClN3/c1-5-9-18(6-2)14-8-7-12(15)13(17-14)10-16-11(3)4/h5,7-8,11,16H,1,6,9-10H2,2-4H3. The fraction of sp³-hybridized carbons (Fsp3) is 0.500. The second-order valence-electron chi connectivity index (χ2n) is 4.46. The van der Waals surface area contributed by atoms with Crippen molar-refractivity contribution in [3.05, 3.63) is 35.5 Å². The Bertz CT molecular complexity index is 391. The van der Waals surface area contributed by atoms with Gasteiger partial charge in [0.1, 0.15) is 5.82 Å². The first-order valence-corrected chi connectivity index (χ1v) is 6.70. The molecular formula is C14H22ClN3. The molecule has 1 aromatic heterocycles. The molecule has 0 aliphatic carbocycles. The van der Waals surface area contributed by atoms with Gasteiger partial charge >= 0.3 is 0 Å². The molecule has 0 bridgehead atoms. The van der Waals surface area contributed by atoms with Gasteiger partial charge in [0, 0.05) is 25.7 Å². The summed E-state index contributed by atoms with van der Waals surface area (Å²) in [6, 6.07) is 4.28. The highest BCUT2D eigenvalue weighted by Crippen LogP contribution is 2.19. The van der Waals surface area contributed by atoms with E-state index in [1.165, 1.54) is 0 Å². The van der Waals surface area contributed by atoms with Gasteiger partial charge < -0.3 is 10.2 Å². The van der Waals surface area contributed by atoms with Gasteiger partial charge in [0.05, 0.1) is 10.7 Å². The van der Waals surface area contributed by atoms with E-state index >= 15 is 0 Å². The molecule has 0 amide bonds.